The standard InChI is InChI=1S/C24H24N4O3S/c25-22(29)13-5-2-8-14-28-23(30)19-11-6-7-12-20(19)26-24(28)32-16-18-15-21(27-31-18)17-9-3-1-4-10-17/h1,3-4,6-7,9-12,15H,2,5,8,13-14,16H2,(H2,25,29). The summed E-state index contributed by atoms with van der Waals surface area (Å²) in [6.45, 7) is 0.531. The highest BCUT2D eigenvalue weighted by molar-refractivity contribution is 7.98. The van der Waals surface area contributed by atoms with Gasteiger partial charge in [0.1, 0.15) is 11.5 Å². The Morgan fingerprint density at radius 1 is 1.03 bits per heavy atom. The van der Waals surface area contributed by atoms with Crippen molar-refractivity contribution in [2.24, 2.45) is 5.73 Å². The van der Waals surface area contributed by atoms with Gasteiger partial charge in [0.2, 0.25) is 5.91 Å². The van der Waals surface area contributed by atoms with E-state index in [-0.39, 0.29) is 11.5 Å². The highest BCUT2D eigenvalue weighted by Gasteiger charge is 2.13. The normalized spacial score (nSPS) is 11.1. The van der Waals surface area contributed by atoms with Crippen molar-refractivity contribution < 1.29 is 9.32 Å². The first-order chi connectivity index (χ1) is 15.6. The lowest BCUT2D eigenvalue weighted by Gasteiger charge is -2.12. The van der Waals surface area contributed by atoms with Crippen LogP contribution in [0.15, 0.2) is 75.1 Å². The Balaban J connectivity index is 1.52. The Morgan fingerprint density at radius 2 is 1.81 bits per heavy atom. The fourth-order valence-corrected chi connectivity index (χ4v) is 4.36. The summed E-state index contributed by atoms with van der Waals surface area (Å²) in [5, 5.41) is 5.40. The Kier molecular flexibility index (Phi) is 7.01. The van der Waals surface area contributed by atoms with Gasteiger partial charge in [0, 0.05) is 24.6 Å². The second-order valence-corrected chi connectivity index (χ2v) is 8.42. The summed E-state index contributed by atoms with van der Waals surface area (Å²) < 4.78 is 7.22. The number of hydrogen-bond acceptors (Lipinski definition) is 6. The summed E-state index contributed by atoms with van der Waals surface area (Å²) in [7, 11) is 0. The summed E-state index contributed by atoms with van der Waals surface area (Å²) in [5.74, 6) is 0.920. The van der Waals surface area contributed by atoms with Crippen LogP contribution in [0.1, 0.15) is 31.4 Å². The third-order valence-electron chi connectivity index (χ3n) is 5.10. The van der Waals surface area contributed by atoms with Gasteiger partial charge >= 0.3 is 0 Å². The van der Waals surface area contributed by atoms with Crippen LogP contribution in [0.25, 0.3) is 22.2 Å². The monoisotopic (exact) mass is 448 g/mol. The van der Waals surface area contributed by atoms with Crippen LogP contribution in [0.2, 0.25) is 0 Å². The molecule has 2 heterocycles. The quantitative estimate of drug-likeness (QED) is 0.219. The first-order valence-electron chi connectivity index (χ1n) is 10.5. The molecule has 2 aromatic carbocycles. The molecule has 4 aromatic rings. The van der Waals surface area contributed by atoms with Gasteiger partial charge in [0.05, 0.1) is 16.7 Å². The molecule has 0 bridgehead atoms. The lowest BCUT2D eigenvalue weighted by atomic mass is 10.1. The average Bonchev–Trinajstić information content (AvgIpc) is 3.28. The molecule has 8 heteroatoms. The van der Waals surface area contributed by atoms with E-state index in [2.05, 4.69) is 5.16 Å². The van der Waals surface area contributed by atoms with E-state index in [0.29, 0.717) is 47.0 Å². The van der Waals surface area contributed by atoms with E-state index < -0.39 is 0 Å². The summed E-state index contributed by atoms with van der Waals surface area (Å²) in [5.41, 5.74) is 7.59. The lowest BCUT2D eigenvalue weighted by Crippen LogP contribution is -2.23. The average molecular weight is 449 g/mol. The zero-order valence-corrected chi connectivity index (χ0v) is 18.4. The number of rotatable bonds is 10. The molecule has 164 valence electrons. The number of para-hydroxylation sites is 1. The molecule has 0 unspecified atom stereocenters. The number of hydrogen-bond donors (Lipinski definition) is 1. The second kappa shape index (κ2) is 10.3. The molecule has 0 aliphatic rings. The maximum Gasteiger partial charge on any atom is 0.262 e. The van der Waals surface area contributed by atoms with Crippen molar-refractivity contribution in [2.75, 3.05) is 0 Å². The molecule has 0 aliphatic carbocycles. The van der Waals surface area contributed by atoms with Crippen LogP contribution in [-0.4, -0.2) is 20.6 Å². The molecule has 0 saturated carbocycles. The minimum absolute atomic E-state index is 0.0597. The fourth-order valence-electron chi connectivity index (χ4n) is 3.46. The van der Waals surface area contributed by atoms with Crippen molar-refractivity contribution in [1.29, 1.82) is 0 Å². The van der Waals surface area contributed by atoms with Gasteiger partial charge in [0.25, 0.3) is 5.56 Å². The van der Waals surface area contributed by atoms with Crippen LogP contribution < -0.4 is 11.3 Å². The largest absolute Gasteiger partial charge is 0.370 e. The molecule has 32 heavy (non-hydrogen) atoms. The molecule has 7 nitrogen and oxygen atoms in total. The van der Waals surface area contributed by atoms with Gasteiger partial charge in [-0.25, -0.2) is 4.98 Å². The second-order valence-electron chi connectivity index (χ2n) is 7.48. The lowest BCUT2D eigenvalue weighted by molar-refractivity contribution is -0.118. The van der Waals surface area contributed by atoms with E-state index in [9.17, 15) is 9.59 Å². The van der Waals surface area contributed by atoms with Crippen molar-refractivity contribution >= 4 is 28.6 Å². The van der Waals surface area contributed by atoms with Crippen molar-refractivity contribution in [3.8, 4) is 11.3 Å². The van der Waals surface area contributed by atoms with Crippen LogP contribution in [0.3, 0.4) is 0 Å². The van der Waals surface area contributed by atoms with E-state index in [1.807, 2.05) is 54.6 Å². The van der Waals surface area contributed by atoms with Gasteiger partial charge < -0.3 is 10.3 Å². The molecule has 1 amide bonds. The number of nitrogens with zero attached hydrogens (tertiary/aromatic N) is 3. The third-order valence-corrected chi connectivity index (χ3v) is 6.10. The van der Waals surface area contributed by atoms with Crippen LogP contribution >= 0.6 is 11.8 Å². The number of carbonyl (C=O) groups excluding carboxylic acids is 1. The predicted octanol–water partition coefficient (Wildman–Crippen LogP) is 4.39. The molecule has 2 N–H and O–H groups in total. The molecule has 0 atom stereocenters. The van der Waals surface area contributed by atoms with Crippen LogP contribution in [-0.2, 0) is 17.1 Å². The molecule has 0 aliphatic heterocycles. The molecule has 4 rings (SSSR count). The smallest absolute Gasteiger partial charge is 0.262 e. The van der Waals surface area contributed by atoms with E-state index >= 15 is 0 Å². The summed E-state index contributed by atoms with van der Waals surface area (Å²) in [6.07, 6.45) is 2.66. The number of unbranched alkanes of at least 4 members (excludes halogenated alkanes) is 2. The number of nitrogens with two attached hydrogens (primary N) is 1. The number of primary amides is 1. The minimum atomic E-state index is -0.298. The van der Waals surface area contributed by atoms with Gasteiger partial charge in [-0.1, -0.05) is 65.8 Å². The molecule has 2 aromatic heterocycles. The van der Waals surface area contributed by atoms with Crippen LogP contribution in [0, 0.1) is 0 Å². The molecule has 0 saturated heterocycles. The highest BCUT2D eigenvalue weighted by atomic mass is 32.2. The number of thioether (sulfide) groups is 1. The van der Waals surface area contributed by atoms with Gasteiger partial charge in [-0.05, 0) is 25.0 Å². The number of benzene rings is 2. The van der Waals surface area contributed by atoms with Crippen molar-refractivity contribution in [1.82, 2.24) is 14.7 Å². The van der Waals surface area contributed by atoms with Crippen molar-refractivity contribution in [2.45, 2.75) is 43.1 Å². The number of aromatic nitrogens is 3. The molecular formula is C24H24N4O3S. The van der Waals surface area contributed by atoms with Gasteiger partial charge in [-0.2, -0.15) is 0 Å². The van der Waals surface area contributed by atoms with E-state index in [0.717, 1.165) is 24.1 Å². The number of amides is 1. The highest BCUT2D eigenvalue weighted by Crippen LogP contribution is 2.25. The molecule has 0 radical (unpaired) electrons. The van der Waals surface area contributed by atoms with Crippen LogP contribution in [0.4, 0.5) is 0 Å². The zero-order valence-electron chi connectivity index (χ0n) is 17.6. The minimum Gasteiger partial charge on any atom is -0.370 e. The number of carbonyl (C=O) groups is 1. The molecule has 0 fully saturated rings. The summed E-state index contributed by atoms with van der Waals surface area (Å²) >= 11 is 1.45. The zero-order chi connectivity index (χ0) is 22.3. The van der Waals surface area contributed by atoms with E-state index in [1.165, 1.54) is 11.8 Å². The third kappa shape index (κ3) is 5.26. The topological polar surface area (TPSA) is 104 Å². The van der Waals surface area contributed by atoms with E-state index in [1.54, 1.807) is 10.6 Å². The van der Waals surface area contributed by atoms with Gasteiger partial charge in [0.15, 0.2) is 5.16 Å². The first kappa shape index (κ1) is 21.8. The Labute approximate surface area is 189 Å². The van der Waals surface area contributed by atoms with Gasteiger partial charge in [-0.15, -0.1) is 0 Å². The summed E-state index contributed by atoms with van der Waals surface area (Å²) in [4.78, 5) is 28.8. The SMILES string of the molecule is NC(=O)CCCCCn1c(SCc2cc(-c3ccccc3)no2)nc2ccccc2c1=O. The predicted molar refractivity (Wildman–Crippen MR) is 125 cm³/mol. The Morgan fingerprint density at radius 3 is 2.62 bits per heavy atom. The van der Waals surface area contributed by atoms with Gasteiger partial charge in [-0.3, -0.25) is 14.2 Å². The maximum absolute atomic E-state index is 13.1. The Hall–Kier alpha value is -3.39. The molecular weight excluding hydrogens is 424 g/mol. The fraction of sp³-hybridized carbons (Fsp3) is 0.250. The van der Waals surface area contributed by atoms with Crippen molar-refractivity contribution in [3.05, 3.63) is 76.8 Å². The summed E-state index contributed by atoms with van der Waals surface area (Å²) in [6, 6.07) is 19.1. The maximum atomic E-state index is 13.1. The van der Waals surface area contributed by atoms with Crippen LogP contribution in [0.5, 0.6) is 0 Å². The first-order valence-corrected chi connectivity index (χ1v) is 11.5. The molecule has 0 spiro atoms. The van der Waals surface area contributed by atoms with Crippen molar-refractivity contribution in [3.63, 3.8) is 0 Å². The van der Waals surface area contributed by atoms with E-state index in [4.69, 9.17) is 15.2 Å². The Bertz CT molecular complexity index is 1270. The number of fused-ring (bicyclic) bond motifs is 1.